The number of carboxylic acids is 1. The number of ether oxygens (including phenoxy) is 2. The first kappa shape index (κ1) is 18.6. The van der Waals surface area contributed by atoms with Gasteiger partial charge < -0.3 is 19.9 Å². The minimum Gasteiger partial charge on any atom is -0.494 e. The average Bonchev–Trinajstić information content (AvgIpc) is 3.49. The average molecular weight is 366 g/mol. The number of rotatable bonds is 9. The molecule has 0 heterocycles. The summed E-state index contributed by atoms with van der Waals surface area (Å²) in [5, 5.41) is 21.6. The summed E-state index contributed by atoms with van der Waals surface area (Å²) in [6.45, 7) is 2.99. The molecule has 6 nitrogen and oxygen atoms in total. The van der Waals surface area contributed by atoms with E-state index in [0.717, 1.165) is 0 Å². The smallest absolute Gasteiger partial charge is 0.330 e. The third kappa shape index (κ3) is 5.14. The van der Waals surface area contributed by atoms with E-state index in [4.69, 9.17) is 14.7 Å². The Labute approximate surface area is 158 Å². The van der Waals surface area contributed by atoms with E-state index in [2.05, 4.69) is 5.32 Å². The molecule has 1 aliphatic rings. The van der Waals surface area contributed by atoms with Crippen LogP contribution in [0.4, 0.5) is 5.69 Å². The van der Waals surface area contributed by atoms with Crippen LogP contribution < -0.4 is 14.8 Å². The largest absolute Gasteiger partial charge is 0.494 e. The highest BCUT2D eigenvalue weighted by atomic mass is 16.5. The second-order valence-electron chi connectivity index (χ2n) is 6.53. The molecule has 0 aliphatic heterocycles. The summed E-state index contributed by atoms with van der Waals surface area (Å²) in [4.78, 5) is 11.9. The summed E-state index contributed by atoms with van der Waals surface area (Å²) in [6, 6.07) is 13.0. The Morgan fingerprint density at radius 3 is 2.44 bits per heavy atom. The van der Waals surface area contributed by atoms with E-state index in [-0.39, 0.29) is 0 Å². The Morgan fingerprint density at radius 2 is 1.89 bits per heavy atom. The number of nitrogens with zero attached hydrogens (tertiary/aromatic N) is 1. The van der Waals surface area contributed by atoms with Crippen molar-refractivity contribution in [3.8, 4) is 17.6 Å². The number of carboxylic acid groups (broad SMARTS) is 1. The maximum absolute atomic E-state index is 11.9. The number of hydrogen-bond acceptors (Lipinski definition) is 5. The van der Waals surface area contributed by atoms with Crippen molar-refractivity contribution in [1.29, 1.82) is 5.26 Å². The van der Waals surface area contributed by atoms with Crippen molar-refractivity contribution in [2.45, 2.75) is 25.8 Å². The monoisotopic (exact) mass is 366 g/mol. The van der Waals surface area contributed by atoms with Crippen LogP contribution in [0.2, 0.25) is 0 Å². The molecule has 1 atom stereocenters. The Morgan fingerprint density at radius 1 is 1.22 bits per heavy atom. The lowest BCUT2D eigenvalue weighted by Gasteiger charge is -2.19. The summed E-state index contributed by atoms with van der Waals surface area (Å²) < 4.78 is 11.4. The first-order valence-electron chi connectivity index (χ1n) is 8.99. The first-order valence-corrected chi connectivity index (χ1v) is 8.99. The van der Waals surface area contributed by atoms with Gasteiger partial charge in [0.2, 0.25) is 0 Å². The zero-order valence-electron chi connectivity index (χ0n) is 15.1. The molecule has 1 fully saturated rings. The van der Waals surface area contributed by atoms with Crippen LogP contribution in [0.5, 0.6) is 11.5 Å². The number of nitrogens with one attached hydrogen (secondary N) is 1. The third-order valence-electron chi connectivity index (χ3n) is 4.30. The normalized spacial score (nSPS) is 14.1. The van der Waals surface area contributed by atoms with Gasteiger partial charge >= 0.3 is 5.97 Å². The molecule has 0 spiro atoms. The molecule has 1 aliphatic carbocycles. The zero-order valence-corrected chi connectivity index (χ0v) is 15.1. The quantitative estimate of drug-likeness (QED) is 0.697. The SMILES string of the molecule is CCOc1cc(OCC2CC2)cc([C@@H](Nc2ccc(C#N)cc2)C(=O)O)c1. The van der Waals surface area contributed by atoms with Crippen LogP contribution in [0.25, 0.3) is 0 Å². The molecular formula is C21H22N2O4. The molecule has 0 unspecified atom stereocenters. The van der Waals surface area contributed by atoms with Gasteiger partial charge in [0.25, 0.3) is 0 Å². The lowest BCUT2D eigenvalue weighted by atomic mass is 10.1. The van der Waals surface area contributed by atoms with Gasteiger partial charge in [-0.1, -0.05) is 0 Å². The summed E-state index contributed by atoms with van der Waals surface area (Å²) >= 11 is 0. The second kappa shape index (κ2) is 8.45. The van der Waals surface area contributed by atoms with Gasteiger partial charge in [0.05, 0.1) is 24.8 Å². The zero-order chi connectivity index (χ0) is 19.2. The predicted molar refractivity (Wildman–Crippen MR) is 101 cm³/mol. The topological polar surface area (TPSA) is 91.6 Å². The number of benzene rings is 2. The Balaban J connectivity index is 1.85. The lowest BCUT2D eigenvalue weighted by Crippen LogP contribution is -2.20. The van der Waals surface area contributed by atoms with Gasteiger partial charge in [0.15, 0.2) is 6.04 Å². The predicted octanol–water partition coefficient (Wildman–Crippen LogP) is 3.98. The fourth-order valence-corrected chi connectivity index (χ4v) is 2.69. The van der Waals surface area contributed by atoms with Crippen LogP contribution in [0.3, 0.4) is 0 Å². The first-order chi connectivity index (χ1) is 13.1. The lowest BCUT2D eigenvalue weighted by molar-refractivity contribution is -0.138. The van der Waals surface area contributed by atoms with Gasteiger partial charge in [-0.15, -0.1) is 0 Å². The molecule has 0 aromatic heterocycles. The molecule has 0 radical (unpaired) electrons. The molecule has 2 aromatic carbocycles. The van der Waals surface area contributed by atoms with Gasteiger partial charge in [0.1, 0.15) is 11.5 Å². The highest BCUT2D eigenvalue weighted by Gasteiger charge is 2.24. The number of hydrogen-bond donors (Lipinski definition) is 2. The minimum absolute atomic E-state index is 0.478. The van der Waals surface area contributed by atoms with E-state index in [1.165, 1.54) is 12.8 Å². The standard InChI is InChI=1S/C21H22N2O4/c1-2-26-18-9-16(10-19(11-18)27-13-15-3-4-15)20(21(24)25)23-17-7-5-14(12-22)6-8-17/h5-11,15,20,23H,2-4,13H2,1H3,(H,24,25)/t20-/m1/s1. The van der Waals surface area contributed by atoms with Gasteiger partial charge in [-0.05, 0) is 67.6 Å². The van der Waals surface area contributed by atoms with Crippen LogP contribution in [-0.4, -0.2) is 24.3 Å². The molecule has 27 heavy (non-hydrogen) atoms. The van der Waals surface area contributed by atoms with Crippen molar-refractivity contribution >= 4 is 11.7 Å². The van der Waals surface area contributed by atoms with Crippen LogP contribution in [0.15, 0.2) is 42.5 Å². The van der Waals surface area contributed by atoms with Crippen molar-refractivity contribution in [2.75, 3.05) is 18.5 Å². The molecule has 3 rings (SSSR count). The van der Waals surface area contributed by atoms with Gasteiger partial charge in [0, 0.05) is 11.8 Å². The van der Waals surface area contributed by atoms with Crippen molar-refractivity contribution < 1.29 is 19.4 Å². The Bertz CT molecular complexity index is 838. The molecule has 2 N–H and O–H groups in total. The van der Waals surface area contributed by atoms with Crippen LogP contribution in [0.1, 0.15) is 36.9 Å². The molecule has 2 aromatic rings. The summed E-state index contributed by atoms with van der Waals surface area (Å²) in [7, 11) is 0. The maximum Gasteiger partial charge on any atom is 0.330 e. The summed E-state index contributed by atoms with van der Waals surface area (Å²) in [6.07, 6.45) is 2.35. The van der Waals surface area contributed by atoms with Crippen molar-refractivity contribution in [1.82, 2.24) is 0 Å². The van der Waals surface area contributed by atoms with E-state index in [1.54, 1.807) is 42.5 Å². The van der Waals surface area contributed by atoms with Gasteiger partial charge in [-0.3, -0.25) is 0 Å². The van der Waals surface area contributed by atoms with Crippen molar-refractivity contribution in [3.05, 3.63) is 53.6 Å². The van der Waals surface area contributed by atoms with E-state index in [1.807, 2.05) is 13.0 Å². The maximum atomic E-state index is 11.9. The number of aliphatic carboxylic acids is 1. The van der Waals surface area contributed by atoms with Crippen molar-refractivity contribution in [3.63, 3.8) is 0 Å². The Kier molecular flexibility index (Phi) is 5.82. The molecule has 6 heteroatoms. The van der Waals surface area contributed by atoms with E-state index in [0.29, 0.717) is 47.4 Å². The molecule has 0 saturated heterocycles. The summed E-state index contributed by atoms with van der Waals surface area (Å²) in [5.74, 6) is 0.766. The van der Waals surface area contributed by atoms with Gasteiger partial charge in [-0.25, -0.2) is 4.79 Å². The van der Waals surface area contributed by atoms with Gasteiger partial charge in [-0.2, -0.15) is 5.26 Å². The molecular weight excluding hydrogens is 344 g/mol. The fourth-order valence-electron chi connectivity index (χ4n) is 2.69. The minimum atomic E-state index is -1.01. The van der Waals surface area contributed by atoms with E-state index < -0.39 is 12.0 Å². The number of anilines is 1. The van der Waals surface area contributed by atoms with E-state index >= 15 is 0 Å². The van der Waals surface area contributed by atoms with Crippen LogP contribution in [-0.2, 0) is 4.79 Å². The number of carbonyl (C=O) groups is 1. The molecule has 140 valence electrons. The fraction of sp³-hybridized carbons (Fsp3) is 0.333. The highest BCUT2D eigenvalue weighted by molar-refractivity contribution is 5.79. The second-order valence-corrected chi connectivity index (χ2v) is 6.53. The van der Waals surface area contributed by atoms with E-state index in [9.17, 15) is 9.90 Å². The summed E-state index contributed by atoms with van der Waals surface area (Å²) in [5.41, 5.74) is 1.67. The molecule has 0 bridgehead atoms. The van der Waals surface area contributed by atoms with Crippen molar-refractivity contribution in [2.24, 2.45) is 5.92 Å². The third-order valence-corrected chi connectivity index (χ3v) is 4.30. The molecule has 0 amide bonds. The van der Waals surface area contributed by atoms with Crippen LogP contribution in [0, 0.1) is 17.2 Å². The molecule has 1 saturated carbocycles. The Hall–Kier alpha value is -3.20. The van der Waals surface area contributed by atoms with Crippen LogP contribution >= 0.6 is 0 Å². The highest BCUT2D eigenvalue weighted by Crippen LogP contribution is 2.32. The number of nitriles is 1.